The van der Waals surface area contributed by atoms with Crippen molar-refractivity contribution in [3.63, 3.8) is 0 Å². The predicted octanol–water partition coefficient (Wildman–Crippen LogP) is 2.73. The SMILES string of the molecule is COc1ccc(Cl)cc1NC(=O)NCCn1nc(-c2ccccc2)n(C)c1=O. The number of hydrogen-bond donors (Lipinski definition) is 2. The van der Waals surface area contributed by atoms with Crippen LogP contribution in [0.15, 0.2) is 53.3 Å². The average molecular weight is 402 g/mol. The molecule has 0 bridgehead atoms. The van der Waals surface area contributed by atoms with Gasteiger partial charge in [0.2, 0.25) is 0 Å². The third kappa shape index (κ3) is 4.34. The van der Waals surface area contributed by atoms with Gasteiger partial charge in [-0.25, -0.2) is 14.3 Å². The molecule has 3 aromatic rings. The lowest BCUT2D eigenvalue weighted by molar-refractivity contribution is 0.251. The molecule has 1 heterocycles. The minimum atomic E-state index is -0.437. The Labute approximate surface area is 166 Å². The Hall–Kier alpha value is -3.26. The molecule has 2 amide bonds. The number of nitrogens with zero attached hydrogens (tertiary/aromatic N) is 3. The first kappa shape index (κ1) is 19.5. The van der Waals surface area contributed by atoms with Gasteiger partial charge in [0.25, 0.3) is 0 Å². The van der Waals surface area contributed by atoms with E-state index in [-0.39, 0.29) is 18.8 Å². The number of hydrogen-bond acceptors (Lipinski definition) is 4. The summed E-state index contributed by atoms with van der Waals surface area (Å²) >= 11 is 5.95. The van der Waals surface area contributed by atoms with Crippen LogP contribution in [0, 0.1) is 0 Å². The molecule has 8 nitrogen and oxygen atoms in total. The van der Waals surface area contributed by atoms with Crippen molar-refractivity contribution in [2.45, 2.75) is 6.54 Å². The predicted molar refractivity (Wildman–Crippen MR) is 108 cm³/mol. The van der Waals surface area contributed by atoms with Gasteiger partial charge in [0.15, 0.2) is 5.82 Å². The number of nitrogens with one attached hydrogen (secondary N) is 2. The highest BCUT2D eigenvalue weighted by molar-refractivity contribution is 6.31. The zero-order chi connectivity index (χ0) is 20.1. The molecule has 0 unspecified atom stereocenters. The lowest BCUT2D eigenvalue weighted by Gasteiger charge is -2.11. The van der Waals surface area contributed by atoms with Crippen LogP contribution in [0.4, 0.5) is 10.5 Å². The van der Waals surface area contributed by atoms with Crippen molar-refractivity contribution in [1.82, 2.24) is 19.7 Å². The molecule has 3 rings (SSSR count). The largest absolute Gasteiger partial charge is 0.495 e. The number of aromatic nitrogens is 3. The highest BCUT2D eigenvalue weighted by Crippen LogP contribution is 2.27. The number of urea groups is 1. The minimum absolute atomic E-state index is 0.222. The van der Waals surface area contributed by atoms with Crippen LogP contribution in [0.25, 0.3) is 11.4 Å². The number of carbonyl (C=O) groups is 1. The molecule has 0 aliphatic heterocycles. The van der Waals surface area contributed by atoms with Crippen LogP contribution in [-0.2, 0) is 13.6 Å². The summed E-state index contributed by atoms with van der Waals surface area (Å²) in [5, 5.41) is 10.2. The van der Waals surface area contributed by atoms with Crippen LogP contribution in [0.3, 0.4) is 0 Å². The second-order valence-corrected chi connectivity index (χ2v) is 6.42. The highest BCUT2D eigenvalue weighted by atomic mass is 35.5. The van der Waals surface area contributed by atoms with Gasteiger partial charge in [0, 0.05) is 24.2 Å². The fraction of sp³-hybridized carbons (Fsp3) is 0.211. The lowest BCUT2D eigenvalue weighted by atomic mass is 10.2. The van der Waals surface area contributed by atoms with Crippen LogP contribution in [0.2, 0.25) is 5.02 Å². The molecule has 0 atom stereocenters. The van der Waals surface area contributed by atoms with Crippen LogP contribution >= 0.6 is 11.6 Å². The number of amides is 2. The molecule has 0 spiro atoms. The molecule has 0 radical (unpaired) electrons. The average Bonchev–Trinajstić information content (AvgIpc) is 2.97. The van der Waals surface area contributed by atoms with Crippen LogP contribution in [0.5, 0.6) is 5.75 Å². The van der Waals surface area contributed by atoms with Crippen molar-refractivity contribution in [2.75, 3.05) is 19.0 Å². The van der Waals surface area contributed by atoms with Crippen molar-refractivity contribution in [1.29, 1.82) is 0 Å². The van der Waals surface area contributed by atoms with Crippen molar-refractivity contribution < 1.29 is 9.53 Å². The van der Waals surface area contributed by atoms with Gasteiger partial charge in [0.05, 0.1) is 19.3 Å². The normalized spacial score (nSPS) is 10.5. The Balaban J connectivity index is 1.62. The number of ether oxygens (including phenoxy) is 1. The van der Waals surface area contributed by atoms with E-state index in [9.17, 15) is 9.59 Å². The zero-order valence-corrected chi connectivity index (χ0v) is 16.2. The number of benzene rings is 2. The molecule has 0 aliphatic rings. The van der Waals surface area contributed by atoms with E-state index < -0.39 is 6.03 Å². The van der Waals surface area contributed by atoms with Crippen molar-refractivity contribution >= 4 is 23.3 Å². The van der Waals surface area contributed by atoms with E-state index in [4.69, 9.17) is 16.3 Å². The van der Waals surface area contributed by atoms with E-state index in [1.54, 1.807) is 25.2 Å². The third-order valence-corrected chi connectivity index (χ3v) is 4.33. The Morgan fingerprint density at radius 3 is 2.68 bits per heavy atom. The first-order chi connectivity index (χ1) is 13.5. The molecule has 1 aromatic heterocycles. The standard InChI is InChI=1S/C19H20ClN5O3/c1-24-17(13-6-4-3-5-7-13)23-25(19(24)27)11-10-21-18(26)22-15-12-14(20)8-9-16(15)28-2/h3-9,12H,10-11H2,1-2H3,(H2,21,22,26). The number of methoxy groups -OCH3 is 1. The lowest BCUT2D eigenvalue weighted by Crippen LogP contribution is -2.34. The summed E-state index contributed by atoms with van der Waals surface area (Å²) in [7, 11) is 3.17. The molecule has 2 aromatic carbocycles. The molecule has 9 heteroatoms. The second-order valence-electron chi connectivity index (χ2n) is 5.98. The number of anilines is 1. The Kier molecular flexibility index (Phi) is 6.00. The van der Waals surface area contributed by atoms with Crippen LogP contribution in [0.1, 0.15) is 0 Å². The quantitative estimate of drug-likeness (QED) is 0.664. The van der Waals surface area contributed by atoms with Gasteiger partial charge >= 0.3 is 11.7 Å². The number of halogens is 1. The first-order valence-electron chi connectivity index (χ1n) is 8.57. The van der Waals surface area contributed by atoms with E-state index in [2.05, 4.69) is 15.7 Å². The van der Waals surface area contributed by atoms with Crippen LogP contribution < -0.4 is 21.1 Å². The Morgan fingerprint density at radius 2 is 1.96 bits per heavy atom. The fourth-order valence-electron chi connectivity index (χ4n) is 2.69. The van der Waals surface area contributed by atoms with E-state index in [0.29, 0.717) is 22.3 Å². The Bertz CT molecular complexity index is 1030. The number of rotatable bonds is 6. The molecule has 2 N–H and O–H groups in total. The van der Waals surface area contributed by atoms with Gasteiger partial charge in [-0.1, -0.05) is 41.9 Å². The summed E-state index contributed by atoms with van der Waals surface area (Å²) in [6.07, 6.45) is 0. The summed E-state index contributed by atoms with van der Waals surface area (Å²) in [6, 6.07) is 13.9. The molecule has 0 saturated carbocycles. The summed E-state index contributed by atoms with van der Waals surface area (Å²) in [4.78, 5) is 24.5. The van der Waals surface area contributed by atoms with E-state index in [1.165, 1.54) is 16.4 Å². The van der Waals surface area contributed by atoms with Gasteiger partial charge in [-0.3, -0.25) is 4.57 Å². The second kappa shape index (κ2) is 8.62. The number of carbonyl (C=O) groups excluding carboxylic acids is 1. The maximum absolute atomic E-state index is 12.4. The first-order valence-corrected chi connectivity index (χ1v) is 8.95. The topological polar surface area (TPSA) is 90.2 Å². The van der Waals surface area contributed by atoms with E-state index in [1.807, 2.05) is 30.3 Å². The molecule has 0 saturated heterocycles. The summed E-state index contributed by atoms with van der Waals surface area (Å²) in [5.74, 6) is 1.06. The molecule has 146 valence electrons. The van der Waals surface area contributed by atoms with Gasteiger partial charge in [-0.05, 0) is 18.2 Å². The fourth-order valence-corrected chi connectivity index (χ4v) is 2.86. The highest BCUT2D eigenvalue weighted by Gasteiger charge is 2.12. The van der Waals surface area contributed by atoms with Crippen molar-refractivity contribution in [2.24, 2.45) is 7.05 Å². The van der Waals surface area contributed by atoms with Gasteiger partial charge < -0.3 is 15.4 Å². The third-order valence-electron chi connectivity index (χ3n) is 4.09. The minimum Gasteiger partial charge on any atom is -0.495 e. The van der Waals surface area contributed by atoms with Gasteiger partial charge in [-0.2, -0.15) is 0 Å². The zero-order valence-electron chi connectivity index (χ0n) is 15.5. The van der Waals surface area contributed by atoms with Crippen LogP contribution in [-0.4, -0.2) is 34.0 Å². The van der Waals surface area contributed by atoms with Gasteiger partial charge in [0.1, 0.15) is 5.75 Å². The molecular formula is C19H20ClN5O3. The maximum atomic E-state index is 12.4. The maximum Gasteiger partial charge on any atom is 0.345 e. The Morgan fingerprint density at radius 1 is 1.21 bits per heavy atom. The molecule has 0 aliphatic carbocycles. The summed E-state index contributed by atoms with van der Waals surface area (Å²) < 4.78 is 7.99. The van der Waals surface area contributed by atoms with Gasteiger partial charge in [-0.15, -0.1) is 5.10 Å². The smallest absolute Gasteiger partial charge is 0.345 e. The molecule has 0 fully saturated rings. The summed E-state index contributed by atoms with van der Waals surface area (Å²) in [5.41, 5.74) is 1.05. The monoisotopic (exact) mass is 401 g/mol. The summed E-state index contributed by atoms with van der Waals surface area (Å²) in [6.45, 7) is 0.458. The van der Waals surface area contributed by atoms with Crippen molar-refractivity contribution in [3.8, 4) is 17.1 Å². The molecule has 28 heavy (non-hydrogen) atoms. The van der Waals surface area contributed by atoms with E-state index in [0.717, 1.165) is 5.56 Å². The van der Waals surface area contributed by atoms with Crippen molar-refractivity contribution in [3.05, 3.63) is 64.0 Å². The van der Waals surface area contributed by atoms with E-state index >= 15 is 0 Å². The molecular weight excluding hydrogens is 382 g/mol.